The molecular formula is C6H12N2. The van der Waals surface area contributed by atoms with Gasteiger partial charge in [-0.3, -0.25) is 0 Å². The van der Waals surface area contributed by atoms with Gasteiger partial charge in [0.1, 0.15) is 0 Å². The van der Waals surface area contributed by atoms with Crippen LogP contribution < -0.4 is 5.32 Å². The van der Waals surface area contributed by atoms with Crippen molar-refractivity contribution in [3.8, 4) is 6.07 Å². The zero-order chi connectivity index (χ0) is 6.41. The van der Waals surface area contributed by atoms with Gasteiger partial charge in [0.05, 0.1) is 6.07 Å². The van der Waals surface area contributed by atoms with E-state index >= 15 is 0 Å². The van der Waals surface area contributed by atoms with E-state index in [4.69, 9.17) is 5.26 Å². The summed E-state index contributed by atoms with van der Waals surface area (Å²) in [4.78, 5) is 0. The summed E-state index contributed by atoms with van der Waals surface area (Å²) in [7, 11) is 1.89. The van der Waals surface area contributed by atoms with Crippen LogP contribution in [0.25, 0.3) is 0 Å². The number of hydrogen-bond acceptors (Lipinski definition) is 2. The second kappa shape index (κ2) is 4.61. The van der Waals surface area contributed by atoms with Crippen LogP contribution in [-0.2, 0) is 0 Å². The van der Waals surface area contributed by atoms with Crippen molar-refractivity contribution in [3.05, 3.63) is 0 Å². The van der Waals surface area contributed by atoms with Crippen molar-refractivity contribution >= 4 is 0 Å². The number of nitrogens with one attached hydrogen (secondary N) is 1. The molecule has 0 saturated heterocycles. The van der Waals surface area contributed by atoms with Crippen LogP contribution in [0.1, 0.15) is 13.3 Å². The van der Waals surface area contributed by atoms with Gasteiger partial charge in [-0.2, -0.15) is 5.26 Å². The molecule has 0 aromatic carbocycles. The predicted molar refractivity (Wildman–Crippen MR) is 33.3 cm³/mol. The van der Waals surface area contributed by atoms with Gasteiger partial charge in [0, 0.05) is 5.92 Å². The molecule has 0 bridgehead atoms. The van der Waals surface area contributed by atoms with Gasteiger partial charge in [-0.05, 0) is 26.9 Å². The molecule has 1 N–H and O–H groups in total. The van der Waals surface area contributed by atoms with Gasteiger partial charge < -0.3 is 5.32 Å². The third-order valence-corrected chi connectivity index (χ3v) is 1.05. The zero-order valence-corrected chi connectivity index (χ0v) is 5.44. The van der Waals surface area contributed by atoms with Gasteiger partial charge >= 0.3 is 0 Å². The predicted octanol–water partition coefficient (Wildman–Crippen LogP) is 0.756. The normalized spacial score (nSPS) is 12.6. The fraction of sp³-hybridized carbons (Fsp3) is 0.833. The molecular weight excluding hydrogens is 100 g/mol. The van der Waals surface area contributed by atoms with E-state index in [0.29, 0.717) is 0 Å². The Hall–Kier alpha value is -0.550. The highest BCUT2D eigenvalue weighted by molar-refractivity contribution is 4.78. The van der Waals surface area contributed by atoms with E-state index in [-0.39, 0.29) is 5.92 Å². The SMILES string of the molecule is CNCCC(C)C#N. The first kappa shape index (κ1) is 7.45. The van der Waals surface area contributed by atoms with E-state index in [0.717, 1.165) is 13.0 Å². The summed E-state index contributed by atoms with van der Waals surface area (Å²) >= 11 is 0. The number of nitriles is 1. The Morgan fingerprint density at radius 1 is 1.75 bits per heavy atom. The van der Waals surface area contributed by atoms with Crippen molar-refractivity contribution in [3.63, 3.8) is 0 Å². The van der Waals surface area contributed by atoms with Crippen LogP contribution in [0.15, 0.2) is 0 Å². The first-order chi connectivity index (χ1) is 3.81. The summed E-state index contributed by atoms with van der Waals surface area (Å²) in [5.74, 6) is 0.197. The molecule has 0 aliphatic heterocycles. The van der Waals surface area contributed by atoms with Crippen LogP contribution in [0.5, 0.6) is 0 Å². The van der Waals surface area contributed by atoms with Crippen molar-refractivity contribution in [2.45, 2.75) is 13.3 Å². The maximum atomic E-state index is 8.28. The van der Waals surface area contributed by atoms with Gasteiger partial charge in [-0.1, -0.05) is 0 Å². The smallest absolute Gasteiger partial charge is 0.0653 e. The Bertz CT molecular complexity index is 83.0. The molecule has 0 aromatic heterocycles. The molecule has 8 heavy (non-hydrogen) atoms. The summed E-state index contributed by atoms with van der Waals surface area (Å²) in [6.45, 7) is 2.87. The summed E-state index contributed by atoms with van der Waals surface area (Å²) in [5.41, 5.74) is 0. The molecule has 2 heteroatoms. The molecule has 1 atom stereocenters. The first-order valence-electron chi connectivity index (χ1n) is 2.85. The molecule has 2 nitrogen and oxygen atoms in total. The number of rotatable bonds is 3. The highest BCUT2D eigenvalue weighted by atomic mass is 14.8. The topological polar surface area (TPSA) is 35.8 Å². The minimum Gasteiger partial charge on any atom is -0.320 e. The molecule has 0 aliphatic rings. The zero-order valence-electron chi connectivity index (χ0n) is 5.44. The molecule has 0 radical (unpaired) electrons. The Labute approximate surface area is 50.5 Å². The van der Waals surface area contributed by atoms with E-state index in [1.807, 2.05) is 14.0 Å². The molecule has 0 fully saturated rings. The average Bonchev–Trinajstić information content (AvgIpc) is 1.83. The number of hydrogen-bond donors (Lipinski definition) is 1. The van der Waals surface area contributed by atoms with Crippen molar-refractivity contribution in [2.75, 3.05) is 13.6 Å². The van der Waals surface area contributed by atoms with Gasteiger partial charge in [0.25, 0.3) is 0 Å². The fourth-order valence-electron chi connectivity index (χ4n) is 0.425. The Morgan fingerprint density at radius 3 is 2.75 bits per heavy atom. The lowest BCUT2D eigenvalue weighted by molar-refractivity contribution is 0.621. The summed E-state index contributed by atoms with van der Waals surface area (Å²) in [6.07, 6.45) is 0.951. The van der Waals surface area contributed by atoms with Crippen LogP contribution in [0.3, 0.4) is 0 Å². The molecule has 46 valence electrons. The van der Waals surface area contributed by atoms with Gasteiger partial charge in [-0.15, -0.1) is 0 Å². The highest BCUT2D eigenvalue weighted by Crippen LogP contribution is 1.95. The lowest BCUT2D eigenvalue weighted by Crippen LogP contribution is -2.10. The van der Waals surface area contributed by atoms with Crippen LogP contribution >= 0.6 is 0 Å². The molecule has 0 amide bonds. The molecule has 0 rings (SSSR count). The van der Waals surface area contributed by atoms with Crippen molar-refractivity contribution in [2.24, 2.45) is 5.92 Å². The Morgan fingerprint density at radius 2 is 2.38 bits per heavy atom. The molecule has 0 saturated carbocycles. The Kier molecular flexibility index (Phi) is 4.29. The lowest BCUT2D eigenvalue weighted by Gasteiger charge is -1.97. The molecule has 1 unspecified atom stereocenters. The maximum Gasteiger partial charge on any atom is 0.0653 e. The molecule has 0 heterocycles. The largest absolute Gasteiger partial charge is 0.320 e. The second-order valence-electron chi connectivity index (χ2n) is 1.92. The monoisotopic (exact) mass is 112 g/mol. The van der Waals surface area contributed by atoms with Crippen molar-refractivity contribution < 1.29 is 0 Å². The molecule has 0 spiro atoms. The van der Waals surface area contributed by atoms with E-state index in [2.05, 4.69) is 11.4 Å². The van der Waals surface area contributed by atoms with E-state index in [1.165, 1.54) is 0 Å². The second-order valence-corrected chi connectivity index (χ2v) is 1.92. The van der Waals surface area contributed by atoms with Crippen LogP contribution in [0.4, 0.5) is 0 Å². The van der Waals surface area contributed by atoms with Crippen LogP contribution in [0.2, 0.25) is 0 Å². The minimum atomic E-state index is 0.197. The van der Waals surface area contributed by atoms with Gasteiger partial charge in [-0.25, -0.2) is 0 Å². The third kappa shape index (κ3) is 3.63. The van der Waals surface area contributed by atoms with Crippen LogP contribution in [0, 0.1) is 17.2 Å². The summed E-state index contributed by atoms with van der Waals surface area (Å²) < 4.78 is 0. The minimum absolute atomic E-state index is 0.197. The van der Waals surface area contributed by atoms with Crippen LogP contribution in [-0.4, -0.2) is 13.6 Å². The quantitative estimate of drug-likeness (QED) is 0.585. The van der Waals surface area contributed by atoms with Gasteiger partial charge in [0.2, 0.25) is 0 Å². The maximum absolute atomic E-state index is 8.28. The lowest BCUT2D eigenvalue weighted by atomic mass is 10.1. The van der Waals surface area contributed by atoms with E-state index in [9.17, 15) is 0 Å². The summed E-state index contributed by atoms with van der Waals surface area (Å²) in [5, 5.41) is 11.3. The first-order valence-corrected chi connectivity index (χ1v) is 2.85. The fourth-order valence-corrected chi connectivity index (χ4v) is 0.425. The van der Waals surface area contributed by atoms with E-state index in [1.54, 1.807) is 0 Å². The standard InChI is InChI=1S/C6H12N2/c1-6(5-7)3-4-8-2/h6,8H,3-4H2,1-2H3. The van der Waals surface area contributed by atoms with E-state index < -0.39 is 0 Å². The Balaban J connectivity index is 3.02. The van der Waals surface area contributed by atoms with Crippen molar-refractivity contribution in [1.82, 2.24) is 5.32 Å². The van der Waals surface area contributed by atoms with Gasteiger partial charge in [0.15, 0.2) is 0 Å². The molecule has 0 aromatic rings. The highest BCUT2D eigenvalue weighted by Gasteiger charge is 1.94. The molecule has 0 aliphatic carbocycles. The summed E-state index contributed by atoms with van der Waals surface area (Å²) in [6, 6.07) is 2.16. The average molecular weight is 112 g/mol. The number of nitrogens with zero attached hydrogens (tertiary/aromatic N) is 1. The van der Waals surface area contributed by atoms with Crippen molar-refractivity contribution in [1.29, 1.82) is 5.26 Å². The third-order valence-electron chi connectivity index (χ3n) is 1.05.